The molecule has 1 aromatic carbocycles. The number of methoxy groups -OCH3 is 1. The van der Waals surface area contributed by atoms with Crippen molar-refractivity contribution in [3.63, 3.8) is 0 Å². The predicted molar refractivity (Wildman–Crippen MR) is 139 cm³/mol. The largest absolute Gasteiger partial charge is 0.388 e. The molecule has 9 nitrogen and oxygen atoms in total. The zero-order valence-corrected chi connectivity index (χ0v) is 21.9. The van der Waals surface area contributed by atoms with E-state index in [1.807, 2.05) is 10.6 Å². The number of benzene rings is 1. The normalized spacial score (nSPS) is 17.0. The summed E-state index contributed by atoms with van der Waals surface area (Å²) < 4.78 is 36.2. The van der Waals surface area contributed by atoms with Crippen molar-refractivity contribution in [1.29, 1.82) is 0 Å². The molecule has 4 heterocycles. The van der Waals surface area contributed by atoms with Gasteiger partial charge < -0.3 is 15.0 Å². The SMILES string of the molecule is CC1(NSc2cc(N3CCNCC3)c3c(c2)c(-c2nnc(C(F)F)s2)nc2ccnn23)CC1.COC. The van der Waals surface area contributed by atoms with Crippen molar-refractivity contribution in [3.8, 4) is 10.7 Å². The smallest absolute Gasteiger partial charge is 0.291 e. The van der Waals surface area contributed by atoms with Crippen LogP contribution in [0.15, 0.2) is 29.3 Å². The van der Waals surface area contributed by atoms with Crippen molar-refractivity contribution >= 4 is 45.5 Å². The van der Waals surface area contributed by atoms with Crippen LogP contribution in [0.2, 0.25) is 0 Å². The topological polar surface area (TPSA) is 92.5 Å². The average molecular weight is 535 g/mol. The highest BCUT2D eigenvalue weighted by molar-refractivity contribution is 7.97. The number of aromatic nitrogens is 5. The molecule has 36 heavy (non-hydrogen) atoms. The lowest BCUT2D eigenvalue weighted by Gasteiger charge is -2.31. The molecular weight excluding hydrogens is 506 g/mol. The number of anilines is 1. The molecule has 192 valence electrons. The molecule has 1 saturated carbocycles. The van der Waals surface area contributed by atoms with Gasteiger partial charge in [0.05, 0.1) is 17.4 Å². The van der Waals surface area contributed by atoms with Crippen LogP contribution in [0.1, 0.15) is 31.2 Å². The summed E-state index contributed by atoms with van der Waals surface area (Å²) in [4.78, 5) is 8.14. The van der Waals surface area contributed by atoms with Gasteiger partial charge in [-0.1, -0.05) is 11.3 Å². The van der Waals surface area contributed by atoms with E-state index < -0.39 is 6.43 Å². The Kier molecular flexibility index (Phi) is 7.35. The molecule has 0 atom stereocenters. The second kappa shape index (κ2) is 10.5. The molecule has 1 aliphatic carbocycles. The van der Waals surface area contributed by atoms with Crippen LogP contribution in [0.25, 0.3) is 27.3 Å². The number of fused-ring (bicyclic) bond motifs is 3. The number of hydrogen-bond donors (Lipinski definition) is 2. The third-order valence-corrected chi connectivity index (χ3v) is 8.09. The standard InChI is InChI=1S/C21H22F2N8S2.C2H6O/c1-21(3-4-21)29-33-12-10-13-16(19-27-28-20(32-19)18(22)23)26-15-2-5-25-31(15)17(13)14(11-12)30-8-6-24-7-9-30;1-3-2/h2,5,10-11,18,24,29H,3-4,6-9H2,1H3;1-2H3. The van der Waals surface area contributed by atoms with Crippen LogP contribution >= 0.6 is 23.3 Å². The molecule has 0 spiro atoms. The molecule has 2 aliphatic rings. The Bertz CT molecular complexity index is 1350. The van der Waals surface area contributed by atoms with Crippen LogP contribution < -0.4 is 14.9 Å². The summed E-state index contributed by atoms with van der Waals surface area (Å²) in [6.45, 7) is 5.73. The summed E-state index contributed by atoms with van der Waals surface area (Å²) in [5, 5.41) is 16.6. The molecular formula is C23H28F2N8OS2. The minimum absolute atomic E-state index is 0.160. The molecule has 0 bridgehead atoms. The van der Waals surface area contributed by atoms with Crippen molar-refractivity contribution in [3.05, 3.63) is 29.4 Å². The van der Waals surface area contributed by atoms with E-state index in [4.69, 9.17) is 4.98 Å². The predicted octanol–water partition coefficient (Wildman–Crippen LogP) is 4.16. The molecule has 4 aromatic rings. The first-order valence-corrected chi connectivity index (χ1v) is 13.3. The highest BCUT2D eigenvalue weighted by atomic mass is 32.2. The lowest BCUT2D eigenvalue weighted by Crippen LogP contribution is -2.43. The summed E-state index contributed by atoms with van der Waals surface area (Å²) in [5.41, 5.74) is 3.31. The Balaban J connectivity index is 0.000000848. The number of halogens is 2. The summed E-state index contributed by atoms with van der Waals surface area (Å²) >= 11 is 2.49. The van der Waals surface area contributed by atoms with Crippen molar-refractivity contribution in [1.82, 2.24) is 34.8 Å². The number of piperazine rings is 1. The van der Waals surface area contributed by atoms with E-state index in [0.717, 1.165) is 71.8 Å². The zero-order valence-electron chi connectivity index (χ0n) is 20.3. The average Bonchev–Trinajstić information content (AvgIpc) is 3.26. The van der Waals surface area contributed by atoms with Gasteiger partial charge in [-0.2, -0.15) is 5.10 Å². The first-order chi connectivity index (χ1) is 17.4. The molecule has 6 rings (SSSR count). The van der Waals surface area contributed by atoms with E-state index in [1.165, 1.54) is 0 Å². The molecule has 13 heteroatoms. The van der Waals surface area contributed by atoms with Crippen molar-refractivity contribution < 1.29 is 13.5 Å². The highest BCUT2D eigenvalue weighted by Crippen LogP contribution is 2.41. The molecule has 1 saturated heterocycles. The molecule has 1 aliphatic heterocycles. The summed E-state index contributed by atoms with van der Waals surface area (Å²) in [5.74, 6) is 0. The third kappa shape index (κ3) is 5.16. The van der Waals surface area contributed by atoms with Crippen molar-refractivity contribution in [2.75, 3.05) is 45.3 Å². The minimum Gasteiger partial charge on any atom is -0.388 e. The van der Waals surface area contributed by atoms with Crippen LogP contribution in [0.4, 0.5) is 14.5 Å². The monoisotopic (exact) mass is 534 g/mol. The Morgan fingerprint density at radius 1 is 1.19 bits per heavy atom. The van der Waals surface area contributed by atoms with E-state index in [1.54, 1.807) is 32.4 Å². The van der Waals surface area contributed by atoms with E-state index in [0.29, 0.717) is 16.3 Å². The zero-order chi connectivity index (χ0) is 25.3. The maximum atomic E-state index is 13.3. The quantitative estimate of drug-likeness (QED) is 0.354. The molecule has 0 amide bonds. The number of ether oxygens (including phenoxy) is 1. The van der Waals surface area contributed by atoms with E-state index >= 15 is 0 Å². The van der Waals surface area contributed by atoms with Gasteiger partial charge in [0.2, 0.25) is 0 Å². The van der Waals surface area contributed by atoms with Gasteiger partial charge in [-0.15, -0.1) is 10.2 Å². The number of alkyl halides is 2. The number of rotatable bonds is 6. The first kappa shape index (κ1) is 25.2. The van der Waals surface area contributed by atoms with Crippen LogP contribution in [0.5, 0.6) is 0 Å². The van der Waals surface area contributed by atoms with Crippen LogP contribution in [0, 0.1) is 0 Å². The lowest BCUT2D eigenvalue weighted by atomic mass is 10.1. The summed E-state index contributed by atoms with van der Waals surface area (Å²) in [6.07, 6.45) is 1.35. The van der Waals surface area contributed by atoms with Crippen molar-refractivity contribution in [2.45, 2.75) is 36.6 Å². The molecule has 2 fully saturated rings. The highest BCUT2D eigenvalue weighted by Gasteiger charge is 2.37. The van der Waals surface area contributed by atoms with Crippen LogP contribution in [-0.2, 0) is 4.74 Å². The Morgan fingerprint density at radius 3 is 2.61 bits per heavy atom. The van der Waals surface area contributed by atoms with Gasteiger partial charge in [0.25, 0.3) is 6.43 Å². The third-order valence-electron chi connectivity index (χ3n) is 6.08. The second-order valence-electron chi connectivity index (χ2n) is 9.06. The lowest BCUT2D eigenvalue weighted by molar-refractivity contribution is 0.150. The fraction of sp³-hybridized carbons (Fsp3) is 0.478. The van der Waals surface area contributed by atoms with E-state index in [2.05, 4.69) is 54.0 Å². The van der Waals surface area contributed by atoms with E-state index in [-0.39, 0.29) is 10.5 Å². The maximum Gasteiger partial charge on any atom is 0.291 e. The van der Waals surface area contributed by atoms with E-state index in [9.17, 15) is 8.78 Å². The molecule has 0 unspecified atom stereocenters. The summed E-state index contributed by atoms with van der Waals surface area (Å²) in [7, 11) is 3.25. The molecule has 3 aromatic heterocycles. The van der Waals surface area contributed by atoms with Gasteiger partial charge in [0.1, 0.15) is 5.69 Å². The number of nitrogens with one attached hydrogen (secondary N) is 2. The van der Waals surface area contributed by atoms with Gasteiger partial charge in [0.15, 0.2) is 15.7 Å². The van der Waals surface area contributed by atoms with Crippen molar-refractivity contribution in [2.24, 2.45) is 0 Å². The van der Waals surface area contributed by atoms with Crippen LogP contribution in [-0.4, -0.2) is 70.7 Å². The van der Waals surface area contributed by atoms with Gasteiger partial charge in [0, 0.05) is 62.3 Å². The number of nitrogens with zero attached hydrogens (tertiary/aromatic N) is 6. The first-order valence-electron chi connectivity index (χ1n) is 11.7. The van der Waals surface area contributed by atoms with Crippen LogP contribution in [0.3, 0.4) is 0 Å². The second-order valence-corrected chi connectivity index (χ2v) is 10.9. The van der Waals surface area contributed by atoms with Gasteiger partial charge in [-0.05, 0) is 43.8 Å². The fourth-order valence-electron chi connectivity index (χ4n) is 3.98. The Labute approximate surface area is 215 Å². The van der Waals surface area contributed by atoms with Gasteiger partial charge >= 0.3 is 0 Å². The van der Waals surface area contributed by atoms with Gasteiger partial charge in [-0.25, -0.2) is 18.3 Å². The number of hydrogen-bond acceptors (Lipinski definition) is 10. The summed E-state index contributed by atoms with van der Waals surface area (Å²) in [6, 6.07) is 6.06. The maximum absolute atomic E-state index is 13.3. The molecule has 2 N–H and O–H groups in total. The molecule has 0 radical (unpaired) electrons. The fourth-order valence-corrected chi connectivity index (χ4v) is 5.60. The Hall–Kier alpha value is -2.45. The van der Waals surface area contributed by atoms with Gasteiger partial charge in [-0.3, -0.25) is 4.72 Å². The minimum atomic E-state index is -2.66. The Morgan fingerprint density at radius 2 is 1.94 bits per heavy atom.